The van der Waals surface area contributed by atoms with Gasteiger partial charge in [-0.15, -0.1) is 0 Å². The molecular weight excluding hydrogens is 268 g/mol. The zero-order valence-electron chi connectivity index (χ0n) is 11.4. The molecule has 112 valence electrons. The quantitative estimate of drug-likeness (QED) is 0.404. The third kappa shape index (κ3) is 4.28. The molecule has 1 aromatic rings. The van der Waals surface area contributed by atoms with Crippen molar-refractivity contribution in [3.8, 4) is 0 Å². The molecule has 0 radical (unpaired) electrons. The highest BCUT2D eigenvalue weighted by atomic mass is 16.5. The summed E-state index contributed by atoms with van der Waals surface area (Å²) in [6, 6.07) is 0. The number of nitrogens with zero attached hydrogens (tertiary/aromatic N) is 4. The second-order valence-corrected chi connectivity index (χ2v) is 3.76. The van der Waals surface area contributed by atoms with Crippen LogP contribution >= 0.6 is 0 Å². The molecule has 9 nitrogen and oxygen atoms in total. The van der Waals surface area contributed by atoms with Gasteiger partial charge in [0.1, 0.15) is 0 Å². The van der Waals surface area contributed by atoms with E-state index < -0.39 is 5.97 Å². The summed E-state index contributed by atoms with van der Waals surface area (Å²) in [6.45, 7) is 3.62. The molecule has 0 bridgehead atoms. The summed E-state index contributed by atoms with van der Waals surface area (Å²) < 4.78 is 9.78. The van der Waals surface area contributed by atoms with Crippen molar-refractivity contribution in [1.29, 1.82) is 0 Å². The molecule has 0 unspecified atom stereocenters. The minimum absolute atomic E-state index is 0.0678. The van der Waals surface area contributed by atoms with Gasteiger partial charge >= 0.3 is 5.97 Å². The normalized spacial score (nSPS) is 11.0. The van der Waals surface area contributed by atoms with Gasteiger partial charge in [-0.25, -0.2) is 4.79 Å². The molecule has 0 aliphatic heterocycles. The average molecular weight is 286 g/mol. The van der Waals surface area contributed by atoms with E-state index in [1.807, 2.05) is 0 Å². The van der Waals surface area contributed by atoms with Crippen LogP contribution in [0.15, 0.2) is 14.9 Å². The van der Waals surface area contributed by atoms with Crippen LogP contribution in [0.1, 0.15) is 23.0 Å². The smallest absolute Gasteiger partial charge is 0.345 e. The fourth-order valence-corrected chi connectivity index (χ4v) is 1.40. The number of aliphatic hydroxyl groups is 2. The van der Waals surface area contributed by atoms with Crippen LogP contribution in [0.5, 0.6) is 0 Å². The van der Waals surface area contributed by atoms with Crippen molar-refractivity contribution in [1.82, 2.24) is 10.2 Å². The SMILES string of the molecule is CCOC(=O)c1c(C)noc1/N=N/N(CCO)CCO. The molecule has 0 atom stereocenters. The molecule has 9 heteroatoms. The second-order valence-electron chi connectivity index (χ2n) is 3.76. The Morgan fingerprint density at radius 2 is 2.05 bits per heavy atom. The number of hydrogen-bond acceptors (Lipinski definition) is 8. The van der Waals surface area contributed by atoms with Crippen molar-refractivity contribution in [2.75, 3.05) is 32.9 Å². The number of ether oxygens (including phenoxy) is 1. The Kier molecular flexibility index (Phi) is 6.60. The third-order valence-corrected chi connectivity index (χ3v) is 2.30. The van der Waals surface area contributed by atoms with Gasteiger partial charge in [-0.1, -0.05) is 15.5 Å². The highest BCUT2D eigenvalue weighted by molar-refractivity contribution is 5.94. The van der Waals surface area contributed by atoms with E-state index in [1.54, 1.807) is 13.8 Å². The zero-order valence-corrected chi connectivity index (χ0v) is 11.4. The summed E-state index contributed by atoms with van der Waals surface area (Å²) in [5.41, 5.74) is 0.469. The van der Waals surface area contributed by atoms with Gasteiger partial charge in [-0.2, -0.15) is 0 Å². The van der Waals surface area contributed by atoms with Crippen LogP contribution in [-0.4, -0.2) is 59.3 Å². The molecule has 0 aliphatic rings. The summed E-state index contributed by atoms with van der Waals surface area (Å²) in [5, 5.41) is 30.2. The largest absolute Gasteiger partial charge is 0.462 e. The molecular formula is C11H18N4O5. The van der Waals surface area contributed by atoms with Gasteiger partial charge < -0.3 is 19.5 Å². The van der Waals surface area contributed by atoms with Crippen molar-refractivity contribution in [3.05, 3.63) is 11.3 Å². The monoisotopic (exact) mass is 286 g/mol. The Balaban J connectivity index is 2.88. The molecule has 20 heavy (non-hydrogen) atoms. The molecule has 0 spiro atoms. The third-order valence-electron chi connectivity index (χ3n) is 2.30. The van der Waals surface area contributed by atoms with E-state index in [9.17, 15) is 4.79 Å². The first kappa shape index (κ1) is 16.1. The standard InChI is InChI=1S/C11H18N4O5/c1-3-19-11(18)9-8(2)13-20-10(9)12-14-15(4-6-16)5-7-17/h16-17H,3-7H2,1-2H3/b14-12+. The van der Waals surface area contributed by atoms with Crippen LogP contribution in [0.4, 0.5) is 5.88 Å². The number of hydrogen-bond donors (Lipinski definition) is 2. The highest BCUT2D eigenvalue weighted by Gasteiger charge is 2.22. The molecule has 0 aliphatic carbocycles. The summed E-state index contributed by atoms with van der Waals surface area (Å²) in [6.07, 6.45) is 0. The number of aryl methyl sites for hydroxylation is 1. The molecule has 0 aromatic carbocycles. The lowest BCUT2D eigenvalue weighted by atomic mass is 10.2. The molecule has 0 fully saturated rings. The van der Waals surface area contributed by atoms with Gasteiger partial charge in [-0.05, 0) is 13.8 Å². The number of carbonyl (C=O) groups is 1. The summed E-state index contributed by atoms with van der Waals surface area (Å²) in [5.74, 6) is -0.655. The number of rotatable bonds is 8. The summed E-state index contributed by atoms with van der Waals surface area (Å²) in [4.78, 5) is 11.7. The minimum atomic E-state index is -0.587. The van der Waals surface area contributed by atoms with E-state index in [0.29, 0.717) is 5.69 Å². The lowest BCUT2D eigenvalue weighted by molar-refractivity contribution is 0.0525. The van der Waals surface area contributed by atoms with E-state index in [2.05, 4.69) is 15.5 Å². The maximum atomic E-state index is 11.7. The molecule has 1 heterocycles. The highest BCUT2D eigenvalue weighted by Crippen LogP contribution is 2.23. The summed E-state index contributed by atoms with van der Waals surface area (Å²) >= 11 is 0. The second kappa shape index (κ2) is 8.23. The predicted molar refractivity (Wildman–Crippen MR) is 67.5 cm³/mol. The molecule has 0 saturated heterocycles. The molecule has 2 N–H and O–H groups in total. The van der Waals surface area contributed by atoms with E-state index in [4.69, 9.17) is 19.5 Å². The van der Waals surface area contributed by atoms with Crippen LogP contribution in [0, 0.1) is 6.92 Å². The maximum absolute atomic E-state index is 11.7. The van der Waals surface area contributed by atoms with Crippen molar-refractivity contribution >= 4 is 11.9 Å². The van der Waals surface area contributed by atoms with Crippen molar-refractivity contribution in [3.63, 3.8) is 0 Å². The van der Waals surface area contributed by atoms with Gasteiger partial charge in [0, 0.05) is 0 Å². The first-order valence-electron chi connectivity index (χ1n) is 6.15. The first-order chi connectivity index (χ1) is 9.63. The van der Waals surface area contributed by atoms with Crippen molar-refractivity contribution < 1.29 is 24.3 Å². The molecule has 0 saturated carbocycles. The zero-order chi connectivity index (χ0) is 15.0. The van der Waals surface area contributed by atoms with E-state index in [-0.39, 0.29) is 44.4 Å². The Hall–Kier alpha value is -2.00. The molecule has 1 aromatic heterocycles. The Labute approximate surface area is 115 Å². The van der Waals surface area contributed by atoms with Gasteiger partial charge in [0.05, 0.1) is 38.6 Å². The number of aromatic nitrogens is 1. The van der Waals surface area contributed by atoms with Gasteiger partial charge in [0.2, 0.25) is 0 Å². The minimum Gasteiger partial charge on any atom is -0.462 e. The van der Waals surface area contributed by atoms with Crippen LogP contribution in [0.2, 0.25) is 0 Å². The molecule has 0 amide bonds. The van der Waals surface area contributed by atoms with Crippen LogP contribution in [-0.2, 0) is 4.74 Å². The fourth-order valence-electron chi connectivity index (χ4n) is 1.40. The van der Waals surface area contributed by atoms with E-state index in [0.717, 1.165) is 0 Å². The predicted octanol–water partition coefficient (Wildman–Crippen LogP) is 0.445. The number of carbonyl (C=O) groups excluding carboxylic acids is 1. The van der Waals surface area contributed by atoms with E-state index in [1.165, 1.54) is 5.01 Å². The van der Waals surface area contributed by atoms with Gasteiger partial charge in [0.15, 0.2) is 5.56 Å². The van der Waals surface area contributed by atoms with Crippen LogP contribution in [0.3, 0.4) is 0 Å². The van der Waals surface area contributed by atoms with Crippen molar-refractivity contribution in [2.24, 2.45) is 10.3 Å². The Morgan fingerprint density at radius 3 is 2.60 bits per heavy atom. The van der Waals surface area contributed by atoms with Crippen LogP contribution in [0.25, 0.3) is 0 Å². The van der Waals surface area contributed by atoms with Gasteiger partial charge in [0.25, 0.3) is 5.88 Å². The first-order valence-corrected chi connectivity index (χ1v) is 6.15. The average Bonchev–Trinajstić information content (AvgIpc) is 2.78. The van der Waals surface area contributed by atoms with Gasteiger partial charge in [-0.3, -0.25) is 5.01 Å². The topological polar surface area (TPSA) is 121 Å². The number of esters is 1. The Morgan fingerprint density at radius 1 is 1.40 bits per heavy atom. The number of aliphatic hydroxyl groups excluding tert-OH is 2. The van der Waals surface area contributed by atoms with Crippen LogP contribution < -0.4 is 0 Å². The Bertz CT molecular complexity index is 454. The summed E-state index contributed by atoms with van der Waals surface area (Å²) in [7, 11) is 0. The fraction of sp³-hybridized carbons (Fsp3) is 0.636. The lowest BCUT2D eigenvalue weighted by Crippen LogP contribution is -2.24. The molecule has 1 rings (SSSR count). The van der Waals surface area contributed by atoms with Crippen molar-refractivity contribution in [2.45, 2.75) is 13.8 Å². The lowest BCUT2D eigenvalue weighted by Gasteiger charge is -2.13. The van der Waals surface area contributed by atoms with E-state index >= 15 is 0 Å². The maximum Gasteiger partial charge on any atom is 0.345 e.